The van der Waals surface area contributed by atoms with Gasteiger partial charge >= 0.3 is 0 Å². The number of thioether (sulfide) groups is 1. The maximum absolute atomic E-state index is 12.6. The lowest BCUT2D eigenvalue weighted by Crippen LogP contribution is -2.14. The first-order chi connectivity index (χ1) is 17.6. The molecule has 3 heterocycles. The summed E-state index contributed by atoms with van der Waals surface area (Å²) in [6.45, 7) is 1.52. The molecule has 5 aromatic rings. The van der Waals surface area contributed by atoms with Crippen molar-refractivity contribution in [1.82, 2.24) is 15.0 Å². The van der Waals surface area contributed by atoms with Crippen LogP contribution in [0.1, 0.15) is 34.8 Å². The molecule has 0 radical (unpaired) electrons. The number of aromatic nitrogens is 3. The summed E-state index contributed by atoms with van der Waals surface area (Å²) in [7, 11) is 0. The number of rotatable bonds is 6. The Bertz CT molecular complexity index is 1630. The highest BCUT2D eigenvalue weighted by Crippen LogP contribution is 2.43. The van der Waals surface area contributed by atoms with Gasteiger partial charge in [0, 0.05) is 22.2 Å². The molecule has 6 nitrogen and oxygen atoms in total. The number of carbonyl (C=O) groups is 2. The summed E-state index contributed by atoms with van der Waals surface area (Å²) in [5, 5.41) is 4.82. The van der Waals surface area contributed by atoms with E-state index in [-0.39, 0.29) is 17.4 Å². The Morgan fingerprint density at radius 1 is 1.00 bits per heavy atom. The predicted molar refractivity (Wildman–Crippen MR) is 146 cm³/mol. The molecule has 0 atom stereocenters. The van der Waals surface area contributed by atoms with Gasteiger partial charge in [-0.2, -0.15) is 0 Å². The van der Waals surface area contributed by atoms with E-state index >= 15 is 0 Å². The molecule has 0 aliphatic heterocycles. The predicted octanol–water partition coefficient (Wildman–Crippen LogP) is 6.33. The van der Waals surface area contributed by atoms with Crippen LogP contribution in [0.15, 0.2) is 66.0 Å². The van der Waals surface area contributed by atoms with Gasteiger partial charge in [0.15, 0.2) is 5.78 Å². The number of thiophene rings is 1. The van der Waals surface area contributed by atoms with Gasteiger partial charge in [0.1, 0.15) is 16.2 Å². The van der Waals surface area contributed by atoms with Crippen LogP contribution in [0.5, 0.6) is 0 Å². The highest BCUT2D eigenvalue weighted by molar-refractivity contribution is 8.00. The molecule has 0 spiro atoms. The number of fused-ring (bicyclic) bond motifs is 5. The molecule has 36 heavy (non-hydrogen) atoms. The maximum Gasteiger partial charge on any atom is 0.234 e. The van der Waals surface area contributed by atoms with E-state index in [4.69, 9.17) is 4.98 Å². The third-order valence-electron chi connectivity index (χ3n) is 6.40. The minimum Gasteiger partial charge on any atom is -0.325 e. The van der Waals surface area contributed by atoms with Crippen LogP contribution >= 0.6 is 23.1 Å². The lowest BCUT2D eigenvalue weighted by molar-refractivity contribution is -0.113. The number of anilines is 1. The summed E-state index contributed by atoms with van der Waals surface area (Å²) in [5.41, 5.74) is 7.10. The van der Waals surface area contributed by atoms with Crippen LogP contribution in [0.2, 0.25) is 0 Å². The zero-order valence-electron chi connectivity index (χ0n) is 19.6. The maximum atomic E-state index is 12.6. The van der Waals surface area contributed by atoms with Gasteiger partial charge in [-0.25, -0.2) is 15.0 Å². The SMILES string of the molecule is CC(=O)c1ccc(NC(=O)CSc2ncnc3c2sc2nc(-c4ccccc4)c4c(c23)CCC4)cc1. The van der Waals surface area contributed by atoms with Gasteiger partial charge in [-0.15, -0.1) is 11.3 Å². The number of benzene rings is 2. The molecule has 0 saturated heterocycles. The van der Waals surface area contributed by atoms with Crippen LogP contribution in [-0.4, -0.2) is 32.4 Å². The largest absolute Gasteiger partial charge is 0.325 e. The van der Waals surface area contributed by atoms with Crippen LogP contribution in [0.4, 0.5) is 5.69 Å². The van der Waals surface area contributed by atoms with Crippen molar-refractivity contribution in [3.63, 3.8) is 0 Å². The molecule has 1 amide bonds. The molecule has 0 bridgehead atoms. The molecule has 6 rings (SSSR count). The first kappa shape index (κ1) is 22.8. The topological polar surface area (TPSA) is 84.8 Å². The van der Waals surface area contributed by atoms with Crippen LogP contribution in [0, 0.1) is 0 Å². The summed E-state index contributed by atoms with van der Waals surface area (Å²) in [6, 6.07) is 17.3. The van der Waals surface area contributed by atoms with E-state index in [0.717, 1.165) is 56.0 Å². The minimum atomic E-state index is -0.131. The molecular weight excluding hydrogens is 488 g/mol. The average molecular weight is 511 g/mol. The number of nitrogens with zero attached hydrogens (tertiary/aromatic N) is 3. The second-order valence-electron chi connectivity index (χ2n) is 8.75. The smallest absolute Gasteiger partial charge is 0.234 e. The summed E-state index contributed by atoms with van der Waals surface area (Å²) >= 11 is 3.00. The first-order valence-electron chi connectivity index (χ1n) is 11.8. The van der Waals surface area contributed by atoms with Crippen molar-refractivity contribution in [2.45, 2.75) is 31.2 Å². The zero-order chi connectivity index (χ0) is 24.6. The Morgan fingerprint density at radius 3 is 2.56 bits per heavy atom. The van der Waals surface area contributed by atoms with Crippen LogP contribution in [0.25, 0.3) is 31.7 Å². The zero-order valence-corrected chi connectivity index (χ0v) is 21.2. The number of amides is 1. The van der Waals surface area contributed by atoms with E-state index in [1.54, 1.807) is 41.9 Å². The lowest BCUT2D eigenvalue weighted by Gasteiger charge is -2.09. The molecule has 2 aromatic carbocycles. The standard InChI is InChI=1S/C28H22N4O2S2/c1-16(33)17-10-12-19(13-11-17)31-22(34)14-35-28-26-25(29-15-30-28)23-20-8-5-9-21(20)24(32-27(23)36-26)18-6-3-2-4-7-18/h2-4,6-7,10-13,15H,5,8-9,14H2,1H3,(H,31,34). The normalized spacial score (nSPS) is 12.7. The Hall–Kier alpha value is -3.62. The number of hydrogen-bond acceptors (Lipinski definition) is 7. The van der Waals surface area contributed by atoms with Crippen molar-refractivity contribution in [2.75, 3.05) is 11.1 Å². The summed E-state index contributed by atoms with van der Waals surface area (Å²) in [4.78, 5) is 39.3. The minimum absolute atomic E-state index is 0.00410. The molecule has 1 N–H and O–H groups in total. The summed E-state index contributed by atoms with van der Waals surface area (Å²) < 4.78 is 0.975. The van der Waals surface area contributed by atoms with E-state index in [2.05, 4.69) is 39.6 Å². The third kappa shape index (κ3) is 4.16. The van der Waals surface area contributed by atoms with Gasteiger partial charge in [-0.05, 0) is 61.6 Å². The lowest BCUT2D eigenvalue weighted by atomic mass is 10.0. The molecule has 0 unspecified atom stereocenters. The monoisotopic (exact) mass is 510 g/mol. The van der Waals surface area contributed by atoms with Gasteiger partial charge in [-0.1, -0.05) is 42.1 Å². The number of carbonyl (C=O) groups excluding carboxylic acids is 2. The molecule has 0 saturated carbocycles. The number of pyridine rings is 1. The number of hydrogen-bond donors (Lipinski definition) is 1. The van der Waals surface area contributed by atoms with E-state index in [1.807, 2.05) is 6.07 Å². The van der Waals surface area contributed by atoms with Crippen molar-refractivity contribution in [1.29, 1.82) is 0 Å². The first-order valence-corrected chi connectivity index (χ1v) is 13.6. The fourth-order valence-electron chi connectivity index (χ4n) is 4.73. The van der Waals surface area contributed by atoms with Crippen molar-refractivity contribution < 1.29 is 9.59 Å². The number of nitrogens with one attached hydrogen (secondary N) is 1. The molecule has 1 aliphatic carbocycles. The van der Waals surface area contributed by atoms with E-state index in [1.165, 1.54) is 29.8 Å². The van der Waals surface area contributed by atoms with E-state index in [9.17, 15) is 9.59 Å². The molecule has 0 fully saturated rings. The van der Waals surface area contributed by atoms with Crippen molar-refractivity contribution in [3.8, 4) is 11.3 Å². The Kier molecular flexibility index (Phi) is 5.99. The molecule has 1 aliphatic rings. The second kappa shape index (κ2) is 9.44. The van der Waals surface area contributed by atoms with Gasteiger partial charge in [0.05, 0.1) is 21.7 Å². The fourth-order valence-corrected chi connectivity index (χ4v) is 6.77. The van der Waals surface area contributed by atoms with Crippen molar-refractivity contribution >= 4 is 60.9 Å². The average Bonchev–Trinajstić information content (AvgIpc) is 3.52. The van der Waals surface area contributed by atoms with E-state index in [0.29, 0.717) is 11.3 Å². The highest BCUT2D eigenvalue weighted by Gasteiger charge is 2.25. The molecule has 8 heteroatoms. The molecular formula is C28H22N4O2S2. The summed E-state index contributed by atoms with van der Waals surface area (Å²) in [6.07, 6.45) is 4.76. The Labute approximate surface area is 216 Å². The summed E-state index contributed by atoms with van der Waals surface area (Å²) in [5.74, 6) is 0.0831. The third-order valence-corrected chi connectivity index (χ3v) is 8.60. The van der Waals surface area contributed by atoms with Gasteiger partial charge in [0.25, 0.3) is 0 Å². The number of ketones is 1. The number of Topliss-reactive ketones (excluding diaryl/α,β-unsaturated/α-hetero) is 1. The van der Waals surface area contributed by atoms with Crippen molar-refractivity contribution in [3.05, 3.63) is 77.6 Å². The highest BCUT2D eigenvalue weighted by atomic mass is 32.2. The van der Waals surface area contributed by atoms with Crippen LogP contribution < -0.4 is 5.32 Å². The Balaban J connectivity index is 1.30. The molecule has 3 aromatic heterocycles. The fraction of sp³-hybridized carbons (Fsp3) is 0.179. The number of aryl methyl sites for hydroxylation is 1. The quantitative estimate of drug-likeness (QED) is 0.163. The van der Waals surface area contributed by atoms with Crippen molar-refractivity contribution in [2.24, 2.45) is 0 Å². The van der Waals surface area contributed by atoms with E-state index < -0.39 is 0 Å². The second-order valence-corrected chi connectivity index (χ2v) is 10.7. The van der Waals surface area contributed by atoms with Gasteiger partial charge in [-0.3, -0.25) is 9.59 Å². The Morgan fingerprint density at radius 2 is 1.78 bits per heavy atom. The van der Waals surface area contributed by atoms with Crippen LogP contribution in [-0.2, 0) is 17.6 Å². The van der Waals surface area contributed by atoms with Crippen LogP contribution in [0.3, 0.4) is 0 Å². The van der Waals surface area contributed by atoms with Gasteiger partial charge < -0.3 is 5.32 Å². The van der Waals surface area contributed by atoms with Gasteiger partial charge in [0.2, 0.25) is 5.91 Å². The molecule has 178 valence electrons.